The van der Waals surface area contributed by atoms with Crippen LogP contribution in [0.1, 0.15) is 54.1 Å². The monoisotopic (exact) mass is 455 g/mol. The van der Waals surface area contributed by atoms with E-state index in [0.29, 0.717) is 41.5 Å². The standard InChI is InChI=1S/C26H33NO6/c1-30-20-11-6-5-9-18(20)25(28)27-14-13-26(29)12-8-7-10-19(26)23(27)17-15-21(31-2)24(33-4)22(16-17)32-3/h5-6,9,11,15-16,19,23,29H,7-8,10,12-14H2,1-4H3/t19-,23+,26+/m1/s1. The highest BCUT2D eigenvalue weighted by molar-refractivity contribution is 5.97. The van der Waals surface area contributed by atoms with Gasteiger partial charge in [0.05, 0.1) is 45.6 Å². The Bertz CT molecular complexity index is 983. The van der Waals surface area contributed by atoms with E-state index in [9.17, 15) is 9.90 Å². The van der Waals surface area contributed by atoms with Crippen LogP contribution in [-0.2, 0) is 0 Å². The molecule has 178 valence electrons. The summed E-state index contributed by atoms with van der Waals surface area (Å²) in [6, 6.07) is 10.7. The number of methoxy groups -OCH3 is 4. The first-order valence-corrected chi connectivity index (χ1v) is 11.4. The molecule has 33 heavy (non-hydrogen) atoms. The Morgan fingerprint density at radius 3 is 2.24 bits per heavy atom. The molecule has 0 radical (unpaired) electrons. The average Bonchev–Trinajstić information content (AvgIpc) is 2.86. The van der Waals surface area contributed by atoms with Crippen LogP contribution in [0.15, 0.2) is 36.4 Å². The molecule has 1 saturated heterocycles. The summed E-state index contributed by atoms with van der Waals surface area (Å²) in [7, 11) is 6.30. The Morgan fingerprint density at radius 1 is 0.939 bits per heavy atom. The normalized spacial score (nSPS) is 24.6. The molecular formula is C26H33NO6. The van der Waals surface area contributed by atoms with E-state index in [1.807, 2.05) is 29.2 Å². The number of benzene rings is 2. The lowest BCUT2D eigenvalue weighted by atomic mass is 9.66. The van der Waals surface area contributed by atoms with Crippen molar-refractivity contribution in [3.05, 3.63) is 47.5 Å². The Labute approximate surface area is 195 Å². The van der Waals surface area contributed by atoms with Crippen LogP contribution in [0.3, 0.4) is 0 Å². The number of hydrogen-bond acceptors (Lipinski definition) is 6. The van der Waals surface area contributed by atoms with Crippen molar-refractivity contribution in [2.45, 2.75) is 43.7 Å². The second kappa shape index (κ2) is 9.51. The Balaban J connectivity index is 1.85. The van der Waals surface area contributed by atoms with Gasteiger partial charge in [-0.25, -0.2) is 0 Å². The Kier molecular flexibility index (Phi) is 6.70. The van der Waals surface area contributed by atoms with Gasteiger partial charge in [0.1, 0.15) is 5.75 Å². The molecule has 0 aromatic heterocycles. The highest BCUT2D eigenvalue weighted by Gasteiger charge is 2.50. The zero-order valence-electron chi connectivity index (χ0n) is 19.8. The summed E-state index contributed by atoms with van der Waals surface area (Å²) >= 11 is 0. The molecule has 3 atom stereocenters. The summed E-state index contributed by atoms with van der Waals surface area (Å²) in [5, 5.41) is 11.6. The average molecular weight is 456 g/mol. The van der Waals surface area contributed by atoms with Crippen LogP contribution >= 0.6 is 0 Å². The van der Waals surface area contributed by atoms with E-state index in [-0.39, 0.29) is 17.9 Å². The van der Waals surface area contributed by atoms with Crippen LogP contribution in [-0.4, -0.2) is 56.5 Å². The first-order chi connectivity index (χ1) is 16.0. The number of fused-ring (bicyclic) bond motifs is 1. The number of carbonyl (C=O) groups is 1. The number of para-hydroxylation sites is 1. The number of rotatable bonds is 6. The fourth-order valence-electron chi connectivity index (χ4n) is 5.57. The molecule has 1 aliphatic carbocycles. The lowest BCUT2D eigenvalue weighted by Gasteiger charge is -2.52. The minimum atomic E-state index is -0.805. The van der Waals surface area contributed by atoms with E-state index >= 15 is 0 Å². The molecule has 1 heterocycles. The molecule has 0 bridgehead atoms. The largest absolute Gasteiger partial charge is 0.496 e. The van der Waals surface area contributed by atoms with Crippen molar-refractivity contribution in [3.63, 3.8) is 0 Å². The second-order valence-electron chi connectivity index (χ2n) is 8.81. The second-order valence-corrected chi connectivity index (χ2v) is 8.81. The van der Waals surface area contributed by atoms with Gasteiger partial charge in [-0.3, -0.25) is 4.79 Å². The van der Waals surface area contributed by atoms with Crippen LogP contribution in [0.2, 0.25) is 0 Å². The van der Waals surface area contributed by atoms with Crippen LogP contribution in [0.4, 0.5) is 0 Å². The van der Waals surface area contributed by atoms with Gasteiger partial charge in [-0.05, 0) is 49.1 Å². The number of piperidine rings is 1. The first kappa shape index (κ1) is 23.2. The van der Waals surface area contributed by atoms with Gasteiger partial charge in [0.15, 0.2) is 11.5 Å². The molecule has 0 spiro atoms. The fraction of sp³-hybridized carbons (Fsp3) is 0.500. The van der Waals surface area contributed by atoms with Crippen molar-refractivity contribution in [1.29, 1.82) is 0 Å². The van der Waals surface area contributed by atoms with E-state index in [2.05, 4.69) is 0 Å². The van der Waals surface area contributed by atoms with Gasteiger partial charge >= 0.3 is 0 Å². The maximum atomic E-state index is 13.9. The molecule has 7 heteroatoms. The molecule has 1 aliphatic heterocycles. The van der Waals surface area contributed by atoms with E-state index in [4.69, 9.17) is 18.9 Å². The summed E-state index contributed by atoms with van der Waals surface area (Å²) < 4.78 is 22.2. The van der Waals surface area contributed by atoms with Crippen molar-refractivity contribution in [2.75, 3.05) is 35.0 Å². The van der Waals surface area contributed by atoms with Gasteiger partial charge in [-0.1, -0.05) is 25.0 Å². The number of carbonyl (C=O) groups excluding carboxylic acids is 1. The van der Waals surface area contributed by atoms with Crippen molar-refractivity contribution in [3.8, 4) is 23.0 Å². The van der Waals surface area contributed by atoms with Crippen molar-refractivity contribution in [1.82, 2.24) is 4.90 Å². The van der Waals surface area contributed by atoms with Crippen molar-refractivity contribution in [2.24, 2.45) is 5.92 Å². The lowest BCUT2D eigenvalue weighted by molar-refractivity contribution is -0.115. The molecule has 4 rings (SSSR count). The van der Waals surface area contributed by atoms with Gasteiger partial charge in [-0.15, -0.1) is 0 Å². The maximum absolute atomic E-state index is 13.9. The van der Waals surface area contributed by atoms with Gasteiger partial charge < -0.3 is 29.0 Å². The molecule has 1 amide bonds. The van der Waals surface area contributed by atoms with E-state index < -0.39 is 5.60 Å². The molecule has 2 aliphatic rings. The van der Waals surface area contributed by atoms with Gasteiger partial charge in [0.2, 0.25) is 5.75 Å². The van der Waals surface area contributed by atoms with E-state index in [1.165, 1.54) is 0 Å². The summed E-state index contributed by atoms with van der Waals surface area (Å²) in [5.74, 6) is 1.89. The third-order valence-electron chi connectivity index (χ3n) is 7.19. The van der Waals surface area contributed by atoms with Gasteiger partial charge in [0, 0.05) is 12.5 Å². The van der Waals surface area contributed by atoms with E-state index in [0.717, 1.165) is 31.2 Å². The predicted molar refractivity (Wildman–Crippen MR) is 124 cm³/mol. The maximum Gasteiger partial charge on any atom is 0.258 e. The molecular weight excluding hydrogens is 422 g/mol. The van der Waals surface area contributed by atoms with Crippen molar-refractivity contribution >= 4 is 5.91 Å². The molecule has 0 unspecified atom stereocenters. The number of likely N-dealkylation sites (tertiary alicyclic amines) is 1. The minimum Gasteiger partial charge on any atom is -0.496 e. The third-order valence-corrected chi connectivity index (χ3v) is 7.19. The summed E-state index contributed by atoms with van der Waals surface area (Å²) in [6.07, 6.45) is 4.16. The predicted octanol–water partition coefficient (Wildman–Crippen LogP) is 4.23. The molecule has 2 aromatic carbocycles. The van der Waals surface area contributed by atoms with Crippen LogP contribution in [0.25, 0.3) is 0 Å². The smallest absolute Gasteiger partial charge is 0.258 e. The lowest BCUT2D eigenvalue weighted by Crippen LogP contribution is -2.56. The summed E-state index contributed by atoms with van der Waals surface area (Å²) in [5.41, 5.74) is 0.567. The van der Waals surface area contributed by atoms with Gasteiger partial charge in [0.25, 0.3) is 5.91 Å². The molecule has 2 aromatic rings. The van der Waals surface area contributed by atoms with Gasteiger partial charge in [-0.2, -0.15) is 0 Å². The number of ether oxygens (including phenoxy) is 4. The number of aliphatic hydroxyl groups is 1. The van der Waals surface area contributed by atoms with E-state index in [1.54, 1.807) is 40.6 Å². The minimum absolute atomic E-state index is 0.0959. The quantitative estimate of drug-likeness (QED) is 0.703. The summed E-state index contributed by atoms with van der Waals surface area (Å²) in [6.45, 7) is 0.450. The SMILES string of the molecule is COc1ccccc1C(=O)N1CC[C@@]2(O)CCCC[C@@H]2[C@@H]1c1cc(OC)c(OC)c(OC)c1. The molecule has 2 fully saturated rings. The Morgan fingerprint density at radius 2 is 1.61 bits per heavy atom. The van der Waals surface area contributed by atoms with Crippen LogP contribution in [0.5, 0.6) is 23.0 Å². The molecule has 1 saturated carbocycles. The van der Waals surface area contributed by atoms with Crippen LogP contribution in [0, 0.1) is 5.92 Å². The number of nitrogens with zero attached hydrogens (tertiary/aromatic N) is 1. The summed E-state index contributed by atoms with van der Waals surface area (Å²) in [4.78, 5) is 15.7. The van der Waals surface area contributed by atoms with Crippen LogP contribution < -0.4 is 18.9 Å². The first-order valence-electron chi connectivity index (χ1n) is 11.4. The third kappa shape index (κ3) is 4.10. The highest BCUT2D eigenvalue weighted by atomic mass is 16.5. The number of hydrogen-bond donors (Lipinski definition) is 1. The molecule has 1 N–H and O–H groups in total. The zero-order chi connectivity index (χ0) is 23.6. The zero-order valence-corrected chi connectivity index (χ0v) is 19.8. The fourth-order valence-corrected chi connectivity index (χ4v) is 5.57. The highest BCUT2D eigenvalue weighted by Crippen LogP contribution is 2.52. The number of amides is 1. The molecule has 7 nitrogen and oxygen atoms in total. The Hall–Kier alpha value is -2.93. The topological polar surface area (TPSA) is 77.5 Å². The van der Waals surface area contributed by atoms with Crippen molar-refractivity contribution < 1.29 is 28.8 Å².